The quantitative estimate of drug-likeness (QED) is 0.333. The Morgan fingerprint density at radius 3 is 1.58 bits per heavy atom. The molecule has 154 valence electrons. The van der Waals surface area contributed by atoms with Gasteiger partial charge in [-0.1, -0.05) is 6.58 Å². The molecule has 0 unspecified atom stereocenters. The van der Waals surface area contributed by atoms with Crippen molar-refractivity contribution in [1.29, 1.82) is 0 Å². The number of carbonyl (C=O) groups excluding carboxylic acids is 1. The molecular weight excluding hydrogens is 399 g/mol. The minimum Gasteiger partial charge on any atom is -0.419 e. The Bertz CT molecular complexity index is 428. The van der Waals surface area contributed by atoms with E-state index in [0.29, 0.717) is 12.6 Å². The molecular formula is C16H39NO5Si4. The van der Waals surface area contributed by atoms with Gasteiger partial charge in [-0.05, 0) is 65.3 Å². The van der Waals surface area contributed by atoms with E-state index in [-0.39, 0.29) is 0 Å². The number of nitrogens with zero attached hydrogens (tertiary/aromatic N) is 1. The van der Waals surface area contributed by atoms with E-state index in [1.54, 1.807) is 11.9 Å². The van der Waals surface area contributed by atoms with E-state index in [4.69, 9.17) is 17.1 Å². The van der Waals surface area contributed by atoms with Crippen LogP contribution in [0.2, 0.25) is 65.0 Å². The first kappa shape index (κ1) is 25.8. The fraction of sp³-hybridized carbons (Fsp3) is 0.812. The summed E-state index contributed by atoms with van der Waals surface area (Å²) in [5, 5.41) is 0. The fourth-order valence-electron chi connectivity index (χ4n) is 2.40. The van der Waals surface area contributed by atoms with E-state index in [0.717, 1.165) is 12.7 Å². The van der Waals surface area contributed by atoms with Crippen molar-refractivity contribution in [2.45, 2.75) is 71.4 Å². The maximum Gasteiger partial charge on any atom is 0.469 e. The van der Waals surface area contributed by atoms with Gasteiger partial charge in [-0.25, -0.2) is 4.79 Å². The second kappa shape index (κ2) is 9.80. The van der Waals surface area contributed by atoms with Gasteiger partial charge in [-0.15, -0.1) is 0 Å². The second-order valence-corrected chi connectivity index (χ2v) is 26.4. The molecule has 1 amide bonds. The number of rotatable bonds is 11. The van der Waals surface area contributed by atoms with Gasteiger partial charge in [-0.2, -0.15) is 0 Å². The predicted octanol–water partition coefficient (Wildman–Crippen LogP) is 5.08. The SMILES string of the molecule is C=COC(=O)N(C)CCC[Si](O[Si](C)(C)C)(O[Si](C)(C)C)O[Si](C)(C)C. The second-order valence-electron chi connectivity index (χ2n) is 9.40. The molecule has 0 aromatic rings. The Morgan fingerprint density at radius 2 is 1.27 bits per heavy atom. The number of amides is 1. The molecule has 10 heteroatoms. The van der Waals surface area contributed by atoms with Crippen molar-refractivity contribution in [3.63, 3.8) is 0 Å². The van der Waals surface area contributed by atoms with Crippen LogP contribution in [0.4, 0.5) is 4.79 Å². The van der Waals surface area contributed by atoms with Gasteiger partial charge in [0.2, 0.25) is 0 Å². The third-order valence-corrected chi connectivity index (χ3v) is 14.9. The van der Waals surface area contributed by atoms with Crippen LogP contribution in [0.3, 0.4) is 0 Å². The van der Waals surface area contributed by atoms with Gasteiger partial charge in [0.1, 0.15) is 0 Å². The highest BCUT2D eigenvalue weighted by atomic mass is 28.5. The molecule has 6 nitrogen and oxygen atoms in total. The predicted molar refractivity (Wildman–Crippen MR) is 118 cm³/mol. The molecule has 0 spiro atoms. The maximum absolute atomic E-state index is 11.8. The lowest BCUT2D eigenvalue weighted by Crippen LogP contribution is -2.60. The van der Waals surface area contributed by atoms with E-state index in [9.17, 15) is 4.79 Å². The summed E-state index contributed by atoms with van der Waals surface area (Å²) in [5.41, 5.74) is 0. The Labute approximate surface area is 164 Å². The van der Waals surface area contributed by atoms with E-state index in [1.165, 1.54) is 0 Å². The van der Waals surface area contributed by atoms with Crippen LogP contribution in [-0.2, 0) is 17.1 Å². The number of hydrogen-bond acceptors (Lipinski definition) is 5. The first-order valence-electron chi connectivity index (χ1n) is 9.12. The van der Waals surface area contributed by atoms with E-state index in [1.807, 2.05) is 0 Å². The Morgan fingerprint density at radius 1 is 0.885 bits per heavy atom. The maximum atomic E-state index is 11.8. The molecule has 0 aliphatic heterocycles. The van der Waals surface area contributed by atoms with Gasteiger partial charge >= 0.3 is 14.9 Å². The minimum absolute atomic E-state index is 0.407. The van der Waals surface area contributed by atoms with Crippen LogP contribution >= 0.6 is 0 Å². The van der Waals surface area contributed by atoms with Crippen molar-refractivity contribution in [1.82, 2.24) is 4.90 Å². The first-order valence-corrected chi connectivity index (χ1v) is 21.3. The molecule has 0 saturated heterocycles. The zero-order chi connectivity index (χ0) is 20.8. The highest BCUT2D eigenvalue weighted by molar-refractivity contribution is 6.90. The number of ether oxygens (including phenoxy) is 1. The van der Waals surface area contributed by atoms with Crippen molar-refractivity contribution in [2.75, 3.05) is 13.6 Å². The van der Waals surface area contributed by atoms with Gasteiger partial charge in [0.05, 0.1) is 6.26 Å². The molecule has 0 N–H and O–H groups in total. The molecule has 0 aromatic carbocycles. The molecule has 0 aromatic heterocycles. The van der Waals surface area contributed by atoms with Crippen LogP contribution in [0.5, 0.6) is 0 Å². The minimum atomic E-state index is -2.84. The molecule has 0 rings (SSSR count). The van der Waals surface area contributed by atoms with Crippen LogP contribution < -0.4 is 0 Å². The Kier molecular flexibility index (Phi) is 9.71. The molecule has 26 heavy (non-hydrogen) atoms. The number of carbonyl (C=O) groups is 1. The van der Waals surface area contributed by atoms with Crippen LogP contribution in [0, 0.1) is 0 Å². The normalized spacial score (nSPS) is 13.5. The monoisotopic (exact) mass is 437 g/mol. The average molecular weight is 438 g/mol. The van der Waals surface area contributed by atoms with Crippen LogP contribution in [-0.4, -0.2) is 58.3 Å². The molecule has 0 heterocycles. The van der Waals surface area contributed by atoms with Gasteiger partial charge in [0.15, 0.2) is 25.0 Å². The van der Waals surface area contributed by atoms with Crippen molar-refractivity contribution in [3.05, 3.63) is 12.8 Å². The Hall–Kier alpha value is -0.242. The van der Waals surface area contributed by atoms with Gasteiger partial charge < -0.3 is 22.0 Å². The van der Waals surface area contributed by atoms with E-state index in [2.05, 4.69) is 65.5 Å². The Balaban J connectivity index is 5.38. The third kappa shape index (κ3) is 12.2. The first-order chi connectivity index (χ1) is 11.5. The molecule has 0 atom stereocenters. The lowest BCUT2D eigenvalue weighted by molar-refractivity contribution is 0.146. The lowest BCUT2D eigenvalue weighted by atomic mass is 10.4. The van der Waals surface area contributed by atoms with Gasteiger partial charge in [0, 0.05) is 19.6 Å². The lowest BCUT2D eigenvalue weighted by Gasteiger charge is -2.43. The van der Waals surface area contributed by atoms with Crippen LogP contribution in [0.1, 0.15) is 6.42 Å². The van der Waals surface area contributed by atoms with Crippen molar-refractivity contribution in [3.8, 4) is 0 Å². The van der Waals surface area contributed by atoms with Crippen molar-refractivity contribution < 1.29 is 21.9 Å². The molecule has 0 aliphatic carbocycles. The standard InChI is InChI=1S/C16H39NO5Si4/c1-12-19-16(18)17(2)14-13-15-26(20-23(3,4)5,21-24(6,7)8)22-25(9,10)11/h12H,1,13-15H2,2-11H3. The van der Waals surface area contributed by atoms with Crippen molar-refractivity contribution in [2.24, 2.45) is 0 Å². The summed E-state index contributed by atoms with van der Waals surface area (Å²) in [4.78, 5) is 13.3. The fourth-order valence-corrected chi connectivity index (χ4v) is 17.0. The summed E-state index contributed by atoms with van der Waals surface area (Å²) in [6.45, 7) is 23.5. The topological polar surface area (TPSA) is 57.2 Å². The molecule has 0 bridgehead atoms. The zero-order valence-corrected chi connectivity index (χ0v) is 22.4. The molecule has 0 aliphatic rings. The van der Waals surface area contributed by atoms with Gasteiger partial charge in [0.25, 0.3) is 0 Å². The van der Waals surface area contributed by atoms with Crippen LogP contribution in [0.25, 0.3) is 0 Å². The summed E-state index contributed by atoms with van der Waals surface area (Å²) in [6.07, 6.45) is 1.49. The summed E-state index contributed by atoms with van der Waals surface area (Å²) < 4.78 is 24.7. The van der Waals surface area contributed by atoms with E-state index >= 15 is 0 Å². The summed E-state index contributed by atoms with van der Waals surface area (Å²) in [7, 11) is -6.72. The zero-order valence-electron chi connectivity index (χ0n) is 18.4. The average Bonchev–Trinajstić information content (AvgIpc) is 2.31. The third-order valence-electron chi connectivity index (χ3n) is 2.86. The summed E-state index contributed by atoms with van der Waals surface area (Å²) in [6, 6.07) is 0.706. The van der Waals surface area contributed by atoms with Crippen molar-refractivity contribution >= 4 is 39.8 Å². The highest BCUT2D eigenvalue weighted by Crippen LogP contribution is 2.29. The molecule has 0 radical (unpaired) electrons. The molecule has 0 saturated carbocycles. The smallest absolute Gasteiger partial charge is 0.419 e. The number of hydrogen-bond donors (Lipinski definition) is 0. The highest BCUT2D eigenvalue weighted by Gasteiger charge is 2.49. The van der Waals surface area contributed by atoms with Crippen LogP contribution in [0.15, 0.2) is 12.8 Å². The largest absolute Gasteiger partial charge is 0.469 e. The summed E-state index contributed by atoms with van der Waals surface area (Å²) in [5.74, 6) is 0. The van der Waals surface area contributed by atoms with E-state index < -0.39 is 39.8 Å². The molecule has 0 fully saturated rings. The van der Waals surface area contributed by atoms with Gasteiger partial charge in [-0.3, -0.25) is 0 Å². The summed E-state index contributed by atoms with van der Waals surface area (Å²) >= 11 is 0.